The standard InChI is InChI=1S/C18H11N3O3S/c22-17-15(9-11-8-12-4-1-2-5-13(12)24-10-11)25-18-19-16(20-21(17)18)14-6-3-7-23-14/h1-9H,10H2/b15-9-. The van der Waals surface area contributed by atoms with E-state index in [1.54, 1.807) is 18.4 Å². The molecule has 5 rings (SSSR count). The van der Waals surface area contributed by atoms with Gasteiger partial charge < -0.3 is 9.15 Å². The molecule has 1 aliphatic rings. The van der Waals surface area contributed by atoms with Crippen LogP contribution in [0, 0.1) is 0 Å². The molecule has 0 unspecified atom stereocenters. The number of nitrogens with zero attached hydrogens (tertiary/aromatic N) is 3. The van der Waals surface area contributed by atoms with Gasteiger partial charge in [-0.1, -0.05) is 29.5 Å². The lowest BCUT2D eigenvalue weighted by Crippen LogP contribution is -2.24. The van der Waals surface area contributed by atoms with Gasteiger partial charge in [-0.3, -0.25) is 4.79 Å². The van der Waals surface area contributed by atoms with Crippen LogP contribution in [0.4, 0.5) is 0 Å². The third kappa shape index (κ3) is 2.36. The van der Waals surface area contributed by atoms with Crippen molar-refractivity contribution < 1.29 is 9.15 Å². The van der Waals surface area contributed by atoms with Gasteiger partial charge in [0.15, 0.2) is 5.76 Å². The molecule has 1 aliphatic heterocycles. The highest BCUT2D eigenvalue weighted by Gasteiger charge is 2.14. The Kier molecular flexibility index (Phi) is 3.07. The van der Waals surface area contributed by atoms with Crippen LogP contribution < -0.4 is 14.8 Å². The Morgan fingerprint density at radius 3 is 2.96 bits per heavy atom. The van der Waals surface area contributed by atoms with Crippen molar-refractivity contribution in [1.29, 1.82) is 0 Å². The normalized spacial score (nSPS) is 14.4. The quantitative estimate of drug-likeness (QED) is 0.556. The molecule has 3 aromatic heterocycles. The summed E-state index contributed by atoms with van der Waals surface area (Å²) in [6.07, 6.45) is 5.42. The Bertz CT molecular complexity index is 1220. The largest absolute Gasteiger partial charge is 0.488 e. The minimum atomic E-state index is -0.190. The first kappa shape index (κ1) is 14.2. The zero-order valence-corrected chi connectivity index (χ0v) is 13.7. The Hall–Kier alpha value is -3.19. The number of thiazole rings is 1. The molecule has 4 aromatic rings. The maximum absolute atomic E-state index is 12.6. The minimum absolute atomic E-state index is 0.190. The van der Waals surface area contributed by atoms with Gasteiger partial charge in [0, 0.05) is 5.56 Å². The van der Waals surface area contributed by atoms with Gasteiger partial charge >= 0.3 is 0 Å². The highest BCUT2D eigenvalue weighted by Crippen LogP contribution is 2.26. The van der Waals surface area contributed by atoms with Crippen molar-refractivity contribution >= 4 is 28.4 Å². The van der Waals surface area contributed by atoms with Crippen molar-refractivity contribution in [3.8, 4) is 17.3 Å². The van der Waals surface area contributed by atoms with Gasteiger partial charge in [0.25, 0.3) is 5.56 Å². The lowest BCUT2D eigenvalue weighted by atomic mass is 10.1. The van der Waals surface area contributed by atoms with Crippen LogP contribution in [0.1, 0.15) is 5.56 Å². The van der Waals surface area contributed by atoms with Crippen LogP contribution in [0.2, 0.25) is 0 Å². The van der Waals surface area contributed by atoms with Crippen LogP contribution in [0.25, 0.3) is 28.7 Å². The second-order valence-corrected chi connectivity index (χ2v) is 6.58. The number of benzene rings is 1. The smallest absolute Gasteiger partial charge is 0.291 e. The predicted molar refractivity (Wildman–Crippen MR) is 94.4 cm³/mol. The fraction of sp³-hybridized carbons (Fsp3) is 0.0556. The average molecular weight is 349 g/mol. The molecular formula is C18H11N3O3S. The summed E-state index contributed by atoms with van der Waals surface area (Å²) in [6, 6.07) is 11.3. The number of aromatic nitrogens is 3. The van der Waals surface area contributed by atoms with E-state index in [1.165, 1.54) is 15.9 Å². The number of fused-ring (bicyclic) bond motifs is 2. The molecule has 0 spiro atoms. The van der Waals surface area contributed by atoms with Crippen LogP contribution in [0.3, 0.4) is 0 Å². The maximum Gasteiger partial charge on any atom is 0.291 e. The van der Waals surface area contributed by atoms with E-state index in [0.717, 1.165) is 16.9 Å². The lowest BCUT2D eigenvalue weighted by molar-refractivity contribution is 0.352. The summed E-state index contributed by atoms with van der Waals surface area (Å²) in [7, 11) is 0. The Morgan fingerprint density at radius 2 is 2.12 bits per heavy atom. The van der Waals surface area contributed by atoms with Crippen LogP contribution in [0.15, 0.2) is 57.4 Å². The number of hydrogen-bond acceptors (Lipinski definition) is 6. The SMILES string of the molecule is O=c1/c(=C/C2=Cc3ccccc3OC2)sc2nc(-c3ccco3)nn12. The van der Waals surface area contributed by atoms with Crippen molar-refractivity contribution in [2.24, 2.45) is 0 Å². The highest BCUT2D eigenvalue weighted by atomic mass is 32.1. The van der Waals surface area contributed by atoms with Crippen molar-refractivity contribution in [3.05, 3.63) is 68.7 Å². The molecule has 0 radical (unpaired) electrons. The molecule has 1 aromatic carbocycles. The molecule has 25 heavy (non-hydrogen) atoms. The van der Waals surface area contributed by atoms with E-state index in [1.807, 2.05) is 36.4 Å². The first-order valence-electron chi connectivity index (χ1n) is 7.65. The molecule has 7 heteroatoms. The van der Waals surface area contributed by atoms with Crippen LogP contribution >= 0.6 is 11.3 Å². The Morgan fingerprint density at radius 1 is 1.20 bits per heavy atom. The third-order valence-corrected chi connectivity index (χ3v) is 4.85. The number of furan rings is 1. The first-order valence-corrected chi connectivity index (χ1v) is 8.47. The summed E-state index contributed by atoms with van der Waals surface area (Å²) in [5, 5.41) is 4.24. The molecule has 0 fully saturated rings. The topological polar surface area (TPSA) is 69.6 Å². The molecule has 0 saturated carbocycles. The van der Waals surface area contributed by atoms with Gasteiger partial charge in [-0.05, 0) is 35.9 Å². The second-order valence-electron chi connectivity index (χ2n) is 5.57. The molecule has 6 nitrogen and oxygen atoms in total. The van der Waals surface area contributed by atoms with E-state index in [-0.39, 0.29) is 5.56 Å². The van der Waals surface area contributed by atoms with Gasteiger partial charge in [0.05, 0.1) is 10.8 Å². The fourth-order valence-corrected chi connectivity index (χ4v) is 3.65. The molecule has 0 atom stereocenters. The maximum atomic E-state index is 12.6. The average Bonchev–Trinajstić information content (AvgIpc) is 3.34. The van der Waals surface area contributed by atoms with Crippen molar-refractivity contribution in [3.63, 3.8) is 0 Å². The Labute approximate surface area is 145 Å². The minimum Gasteiger partial charge on any atom is -0.488 e. The summed E-state index contributed by atoms with van der Waals surface area (Å²) >= 11 is 1.30. The van der Waals surface area contributed by atoms with Gasteiger partial charge in [0.2, 0.25) is 10.8 Å². The fourth-order valence-electron chi connectivity index (χ4n) is 2.73. The third-order valence-electron chi connectivity index (χ3n) is 3.89. The van der Waals surface area contributed by atoms with Gasteiger partial charge in [0.1, 0.15) is 12.4 Å². The first-order chi connectivity index (χ1) is 12.3. The monoisotopic (exact) mass is 349 g/mol. The summed E-state index contributed by atoms with van der Waals surface area (Å²) < 4.78 is 12.9. The molecule has 0 aliphatic carbocycles. The molecule has 0 N–H and O–H groups in total. The van der Waals surface area contributed by atoms with Crippen LogP contribution in [-0.4, -0.2) is 21.2 Å². The van der Waals surface area contributed by atoms with E-state index in [2.05, 4.69) is 10.1 Å². The summed E-state index contributed by atoms with van der Waals surface area (Å²) in [5.41, 5.74) is 1.75. The van der Waals surface area contributed by atoms with Gasteiger partial charge in [-0.25, -0.2) is 0 Å². The lowest BCUT2D eigenvalue weighted by Gasteiger charge is -2.15. The predicted octanol–water partition coefficient (Wildman–Crippen LogP) is 2.39. The van der Waals surface area contributed by atoms with Crippen molar-refractivity contribution in [2.45, 2.75) is 0 Å². The van der Waals surface area contributed by atoms with Gasteiger partial charge in [-0.2, -0.15) is 9.50 Å². The molecular weight excluding hydrogens is 338 g/mol. The van der Waals surface area contributed by atoms with Crippen molar-refractivity contribution in [2.75, 3.05) is 6.61 Å². The zero-order chi connectivity index (χ0) is 16.8. The summed E-state index contributed by atoms with van der Waals surface area (Å²) in [5.74, 6) is 1.81. The van der Waals surface area contributed by atoms with Gasteiger partial charge in [-0.15, -0.1) is 5.10 Å². The van der Waals surface area contributed by atoms with E-state index < -0.39 is 0 Å². The van der Waals surface area contributed by atoms with Crippen molar-refractivity contribution in [1.82, 2.24) is 14.6 Å². The van der Waals surface area contributed by atoms with E-state index in [0.29, 0.717) is 27.7 Å². The zero-order valence-electron chi connectivity index (χ0n) is 12.9. The summed E-state index contributed by atoms with van der Waals surface area (Å²) in [6.45, 7) is 0.432. The van der Waals surface area contributed by atoms with Crippen LogP contribution in [-0.2, 0) is 0 Å². The number of rotatable bonds is 2. The Balaban J connectivity index is 1.59. The number of hydrogen-bond donors (Lipinski definition) is 0. The number of ether oxygens (including phenoxy) is 1. The van der Waals surface area contributed by atoms with E-state index in [9.17, 15) is 4.79 Å². The second kappa shape index (κ2) is 5.42. The molecule has 0 bridgehead atoms. The molecule has 4 heterocycles. The van der Waals surface area contributed by atoms with Crippen LogP contribution in [0.5, 0.6) is 5.75 Å². The summed E-state index contributed by atoms with van der Waals surface area (Å²) in [4.78, 5) is 17.5. The number of para-hydroxylation sites is 1. The highest BCUT2D eigenvalue weighted by molar-refractivity contribution is 7.15. The molecule has 0 amide bonds. The molecule has 0 saturated heterocycles. The molecule has 122 valence electrons. The van der Waals surface area contributed by atoms with E-state index >= 15 is 0 Å². The van der Waals surface area contributed by atoms with E-state index in [4.69, 9.17) is 9.15 Å².